The molecule has 4 rings (SSSR count). The maximum Gasteiger partial charge on any atom is 0.194 e. The zero-order chi connectivity index (χ0) is 18.8. The monoisotopic (exact) mass is 374 g/mol. The molecule has 0 amide bonds. The topological polar surface area (TPSA) is 58.9 Å². The fraction of sp³-hybridized carbons (Fsp3) is 0.278. The van der Waals surface area contributed by atoms with Gasteiger partial charge in [0, 0.05) is 37.6 Å². The molecule has 1 aliphatic rings. The van der Waals surface area contributed by atoms with E-state index in [1.54, 1.807) is 18.6 Å². The Balaban J connectivity index is 1.41. The van der Waals surface area contributed by atoms with Gasteiger partial charge < -0.3 is 5.32 Å². The van der Waals surface area contributed by atoms with Crippen molar-refractivity contribution in [3.8, 4) is 0 Å². The number of benzene rings is 1. The predicted molar refractivity (Wildman–Crippen MR) is 92.0 cm³/mol. The molecule has 0 spiro atoms. The number of hydrogen-bond acceptors (Lipinski definition) is 5. The highest BCUT2D eigenvalue weighted by atomic mass is 19.2. The molecule has 0 atom stereocenters. The highest BCUT2D eigenvalue weighted by Gasteiger charge is 2.21. The molecule has 3 heterocycles. The van der Waals surface area contributed by atoms with Crippen LogP contribution < -0.4 is 5.32 Å². The van der Waals surface area contributed by atoms with E-state index in [1.165, 1.54) is 6.07 Å². The summed E-state index contributed by atoms with van der Waals surface area (Å²) in [6.45, 7) is 2.56. The first-order valence-corrected chi connectivity index (χ1v) is 8.50. The van der Waals surface area contributed by atoms with Crippen LogP contribution in [0.2, 0.25) is 0 Å². The van der Waals surface area contributed by atoms with Crippen LogP contribution in [0.15, 0.2) is 36.8 Å². The van der Waals surface area contributed by atoms with Crippen LogP contribution in [0.25, 0.3) is 0 Å². The molecule has 9 heteroatoms. The lowest BCUT2D eigenvalue weighted by Gasteiger charge is -2.27. The SMILES string of the molecule is Fc1ccc(CN2CCn3nc(CNc4cnccn4)cc3C2)c(F)c1F. The molecule has 3 aromatic rings. The van der Waals surface area contributed by atoms with Crippen molar-refractivity contribution in [2.75, 3.05) is 11.9 Å². The number of halogens is 3. The molecule has 0 radical (unpaired) electrons. The summed E-state index contributed by atoms with van der Waals surface area (Å²) in [5, 5.41) is 7.70. The molecule has 0 saturated carbocycles. The predicted octanol–water partition coefficient (Wildman–Crippen LogP) is 2.72. The van der Waals surface area contributed by atoms with Crippen LogP contribution >= 0.6 is 0 Å². The van der Waals surface area contributed by atoms with Gasteiger partial charge in [-0.05, 0) is 12.1 Å². The summed E-state index contributed by atoms with van der Waals surface area (Å²) in [7, 11) is 0. The minimum absolute atomic E-state index is 0.145. The van der Waals surface area contributed by atoms with Crippen molar-refractivity contribution in [2.24, 2.45) is 0 Å². The third-order valence-electron chi connectivity index (χ3n) is 4.45. The van der Waals surface area contributed by atoms with Gasteiger partial charge in [-0.15, -0.1) is 0 Å². The molecule has 1 aromatic carbocycles. The van der Waals surface area contributed by atoms with Crippen LogP contribution in [0.4, 0.5) is 19.0 Å². The second-order valence-electron chi connectivity index (χ2n) is 6.34. The Morgan fingerprint density at radius 2 is 1.96 bits per heavy atom. The molecule has 0 bridgehead atoms. The normalized spacial score (nSPS) is 14.2. The summed E-state index contributed by atoms with van der Waals surface area (Å²) in [6.07, 6.45) is 4.84. The van der Waals surface area contributed by atoms with E-state index in [-0.39, 0.29) is 12.1 Å². The number of rotatable bonds is 5. The lowest BCUT2D eigenvalue weighted by molar-refractivity contribution is 0.201. The van der Waals surface area contributed by atoms with Gasteiger partial charge in [0.2, 0.25) is 0 Å². The van der Waals surface area contributed by atoms with E-state index in [1.807, 2.05) is 15.6 Å². The summed E-state index contributed by atoms with van der Waals surface area (Å²) in [4.78, 5) is 10.1. The summed E-state index contributed by atoms with van der Waals surface area (Å²) >= 11 is 0. The number of anilines is 1. The summed E-state index contributed by atoms with van der Waals surface area (Å²) in [5.74, 6) is -3.05. The van der Waals surface area contributed by atoms with Crippen LogP contribution in [0, 0.1) is 17.5 Å². The molecule has 140 valence electrons. The van der Waals surface area contributed by atoms with Crippen molar-refractivity contribution in [1.29, 1.82) is 0 Å². The zero-order valence-electron chi connectivity index (χ0n) is 14.4. The van der Waals surface area contributed by atoms with Crippen LogP contribution in [0.5, 0.6) is 0 Å². The van der Waals surface area contributed by atoms with E-state index < -0.39 is 17.5 Å². The third-order valence-corrected chi connectivity index (χ3v) is 4.45. The molecule has 0 saturated heterocycles. The molecular weight excluding hydrogens is 357 g/mol. The second kappa shape index (κ2) is 7.36. The van der Waals surface area contributed by atoms with Crippen LogP contribution in [0.3, 0.4) is 0 Å². The number of nitrogens with one attached hydrogen (secondary N) is 1. The van der Waals surface area contributed by atoms with E-state index in [9.17, 15) is 13.2 Å². The first kappa shape index (κ1) is 17.5. The minimum atomic E-state index is -1.42. The highest BCUT2D eigenvalue weighted by Crippen LogP contribution is 2.20. The summed E-state index contributed by atoms with van der Waals surface area (Å²) in [5.41, 5.74) is 1.99. The van der Waals surface area contributed by atoms with Gasteiger partial charge in [0.25, 0.3) is 0 Å². The Morgan fingerprint density at radius 3 is 2.78 bits per heavy atom. The average molecular weight is 374 g/mol. The minimum Gasteiger partial charge on any atom is -0.363 e. The summed E-state index contributed by atoms with van der Waals surface area (Å²) < 4.78 is 42.3. The van der Waals surface area contributed by atoms with Crippen molar-refractivity contribution in [3.05, 3.63) is 71.2 Å². The van der Waals surface area contributed by atoms with Crippen LogP contribution in [0.1, 0.15) is 17.0 Å². The molecule has 2 aromatic heterocycles. The average Bonchev–Trinajstić information content (AvgIpc) is 3.10. The van der Waals surface area contributed by atoms with E-state index in [0.29, 0.717) is 32.0 Å². The molecule has 0 unspecified atom stereocenters. The highest BCUT2D eigenvalue weighted by molar-refractivity contribution is 5.31. The first-order chi connectivity index (χ1) is 13.1. The van der Waals surface area contributed by atoms with Gasteiger partial charge in [-0.2, -0.15) is 5.10 Å². The van der Waals surface area contributed by atoms with Gasteiger partial charge >= 0.3 is 0 Å². The molecular formula is C18H17F3N6. The lowest BCUT2D eigenvalue weighted by atomic mass is 10.1. The van der Waals surface area contributed by atoms with Gasteiger partial charge in [-0.3, -0.25) is 14.6 Å². The second-order valence-corrected chi connectivity index (χ2v) is 6.34. The zero-order valence-corrected chi connectivity index (χ0v) is 14.4. The maximum atomic E-state index is 13.9. The van der Waals surface area contributed by atoms with E-state index in [4.69, 9.17) is 0 Å². The van der Waals surface area contributed by atoms with E-state index >= 15 is 0 Å². The van der Waals surface area contributed by atoms with Crippen LogP contribution in [-0.4, -0.2) is 31.2 Å². The van der Waals surface area contributed by atoms with Gasteiger partial charge in [0.1, 0.15) is 5.82 Å². The Morgan fingerprint density at radius 1 is 1.07 bits per heavy atom. The number of hydrogen-bond donors (Lipinski definition) is 1. The fourth-order valence-corrected chi connectivity index (χ4v) is 3.10. The van der Waals surface area contributed by atoms with Crippen molar-refractivity contribution in [2.45, 2.75) is 26.2 Å². The molecule has 0 aliphatic carbocycles. The smallest absolute Gasteiger partial charge is 0.194 e. The molecule has 27 heavy (non-hydrogen) atoms. The van der Waals surface area contributed by atoms with Crippen LogP contribution in [-0.2, 0) is 26.2 Å². The van der Waals surface area contributed by atoms with Gasteiger partial charge in [-0.25, -0.2) is 18.2 Å². The van der Waals surface area contributed by atoms with Gasteiger partial charge in [-0.1, -0.05) is 6.07 Å². The molecule has 1 N–H and O–H groups in total. The van der Waals surface area contributed by atoms with Gasteiger partial charge in [0.15, 0.2) is 17.5 Å². The lowest BCUT2D eigenvalue weighted by Crippen LogP contribution is -2.33. The van der Waals surface area contributed by atoms with E-state index in [2.05, 4.69) is 20.4 Å². The van der Waals surface area contributed by atoms with Crippen molar-refractivity contribution < 1.29 is 13.2 Å². The largest absolute Gasteiger partial charge is 0.363 e. The molecule has 6 nitrogen and oxygen atoms in total. The molecule has 0 fully saturated rings. The van der Waals surface area contributed by atoms with Gasteiger partial charge in [0.05, 0.1) is 30.7 Å². The number of fused-ring (bicyclic) bond motifs is 1. The number of aromatic nitrogens is 4. The Kier molecular flexibility index (Phi) is 4.76. The summed E-state index contributed by atoms with van der Waals surface area (Å²) in [6, 6.07) is 4.21. The Hall–Kier alpha value is -2.94. The third kappa shape index (κ3) is 3.77. The number of nitrogens with zero attached hydrogens (tertiary/aromatic N) is 5. The molecule has 1 aliphatic heterocycles. The Bertz CT molecular complexity index is 944. The fourth-order valence-electron chi connectivity index (χ4n) is 3.10. The first-order valence-electron chi connectivity index (χ1n) is 8.50. The van der Waals surface area contributed by atoms with E-state index in [0.717, 1.165) is 17.5 Å². The Labute approximate surface area is 153 Å². The quantitative estimate of drug-likeness (QED) is 0.696. The van der Waals surface area contributed by atoms with Crippen molar-refractivity contribution >= 4 is 5.82 Å². The van der Waals surface area contributed by atoms with Crippen molar-refractivity contribution in [3.63, 3.8) is 0 Å². The van der Waals surface area contributed by atoms with Crippen molar-refractivity contribution in [1.82, 2.24) is 24.6 Å². The maximum absolute atomic E-state index is 13.9. The standard InChI is InChI=1S/C18H17F3N6/c19-15-2-1-12(17(20)18(15)21)10-26-5-6-27-14(11-26)7-13(25-27)8-24-16-9-22-3-4-23-16/h1-4,7,9H,5-6,8,10-11H2,(H,23,24).